The third kappa shape index (κ3) is 2.25. The molecule has 0 spiro atoms. The van der Waals surface area contributed by atoms with Crippen LogP contribution < -0.4 is 11.1 Å². The van der Waals surface area contributed by atoms with Gasteiger partial charge in [-0.05, 0) is 38.1 Å². The Kier molecular flexibility index (Phi) is 2.94. The molecule has 0 aliphatic carbocycles. The predicted molar refractivity (Wildman–Crippen MR) is 77.1 cm³/mol. The summed E-state index contributed by atoms with van der Waals surface area (Å²) in [5.74, 6) is 0.608. The summed E-state index contributed by atoms with van der Waals surface area (Å²) in [5.41, 5.74) is 9.36. The van der Waals surface area contributed by atoms with Gasteiger partial charge < -0.3 is 11.1 Å². The molecule has 2 heterocycles. The fourth-order valence-electron chi connectivity index (χ4n) is 2.15. The molecule has 0 amide bonds. The second-order valence-corrected chi connectivity index (χ2v) is 4.72. The second kappa shape index (κ2) is 4.76. The maximum Gasteiger partial charge on any atom is 0.196 e. The Morgan fingerprint density at radius 3 is 2.90 bits per heavy atom. The highest BCUT2D eigenvalue weighted by Gasteiger charge is 2.12. The van der Waals surface area contributed by atoms with Crippen LogP contribution in [0.2, 0.25) is 0 Å². The van der Waals surface area contributed by atoms with Crippen molar-refractivity contribution in [2.45, 2.75) is 19.9 Å². The van der Waals surface area contributed by atoms with Gasteiger partial charge >= 0.3 is 0 Å². The molecule has 0 radical (unpaired) electrons. The first kappa shape index (κ1) is 12.3. The highest BCUT2D eigenvalue weighted by atomic mass is 15.5. The van der Waals surface area contributed by atoms with E-state index in [0.29, 0.717) is 11.5 Å². The van der Waals surface area contributed by atoms with E-state index >= 15 is 0 Å². The van der Waals surface area contributed by atoms with E-state index in [1.54, 1.807) is 0 Å². The first-order valence-corrected chi connectivity index (χ1v) is 6.30. The minimum atomic E-state index is -0.0693. The smallest absolute Gasteiger partial charge is 0.196 e. The Morgan fingerprint density at radius 2 is 2.15 bits per heavy atom. The van der Waals surface area contributed by atoms with Gasteiger partial charge in [0.2, 0.25) is 0 Å². The van der Waals surface area contributed by atoms with Crippen LogP contribution in [0.5, 0.6) is 0 Å². The standard InChI is InChI=1S/C13H15N7/c1-7-5-12(16-8(2)13-17-19-20-18-13)10-6-9(14)3-4-11(10)15-7/h3-6,8H,14H2,1-2H3,(H,15,16)(H,17,18,19,20). The van der Waals surface area contributed by atoms with Crippen LogP contribution in [0.25, 0.3) is 10.9 Å². The van der Waals surface area contributed by atoms with Crippen LogP contribution in [-0.2, 0) is 0 Å². The molecule has 1 atom stereocenters. The zero-order valence-corrected chi connectivity index (χ0v) is 11.3. The summed E-state index contributed by atoms with van der Waals surface area (Å²) in [7, 11) is 0. The molecule has 1 unspecified atom stereocenters. The van der Waals surface area contributed by atoms with Crippen molar-refractivity contribution >= 4 is 22.3 Å². The Bertz CT molecular complexity index is 736. The number of nitrogen functional groups attached to an aromatic ring is 1. The van der Waals surface area contributed by atoms with E-state index in [1.807, 2.05) is 38.1 Å². The molecule has 0 fully saturated rings. The molecule has 2 aromatic heterocycles. The molecule has 3 aromatic rings. The number of hydrogen-bond donors (Lipinski definition) is 3. The van der Waals surface area contributed by atoms with Crippen molar-refractivity contribution in [3.63, 3.8) is 0 Å². The maximum atomic E-state index is 5.86. The SMILES string of the molecule is Cc1cc(NC(C)c2nn[nH]n2)c2cc(N)ccc2n1. The van der Waals surface area contributed by atoms with Crippen molar-refractivity contribution in [1.29, 1.82) is 0 Å². The number of aromatic amines is 1. The molecule has 7 heteroatoms. The molecule has 0 saturated heterocycles. The zero-order valence-electron chi connectivity index (χ0n) is 11.3. The number of fused-ring (bicyclic) bond motifs is 1. The number of benzene rings is 1. The van der Waals surface area contributed by atoms with Gasteiger partial charge in [0.15, 0.2) is 5.82 Å². The zero-order chi connectivity index (χ0) is 14.1. The van der Waals surface area contributed by atoms with E-state index in [4.69, 9.17) is 5.73 Å². The number of aryl methyl sites for hydroxylation is 1. The number of anilines is 2. The third-order valence-electron chi connectivity index (χ3n) is 3.08. The lowest BCUT2D eigenvalue weighted by molar-refractivity contribution is 0.794. The lowest BCUT2D eigenvalue weighted by Crippen LogP contribution is -2.09. The number of rotatable bonds is 3. The van der Waals surface area contributed by atoms with Crippen molar-refractivity contribution < 1.29 is 0 Å². The Hall–Kier alpha value is -2.70. The average Bonchev–Trinajstić information content (AvgIpc) is 2.93. The van der Waals surface area contributed by atoms with E-state index in [0.717, 1.165) is 22.3 Å². The van der Waals surface area contributed by atoms with Gasteiger partial charge in [0, 0.05) is 22.5 Å². The van der Waals surface area contributed by atoms with Crippen molar-refractivity contribution in [1.82, 2.24) is 25.6 Å². The number of nitrogens with zero attached hydrogens (tertiary/aromatic N) is 4. The molecule has 4 N–H and O–H groups in total. The van der Waals surface area contributed by atoms with Gasteiger partial charge in [0.05, 0.1) is 11.6 Å². The van der Waals surface area contributed by atoms with E-state index < -0.39 is 0 Å². The fraction of sp³-hybridized carbons (Fsp3) is 0.231. The van der Waals surface area contributed by atoms with Crippen molar-refractivity contribution in [3.8, 4) is 0 Å². The van der Waals surface area contributed by atoms with Gasteiger partial charge in [-0.3, -0.25) is 4.98 Å². The van der Waals surface area contributed by atoms with Crippen molar-refractivity contribution in [2.75, 3.05) is 11.1 Å². The van der Waals surface area contributed by atoms with E-state index in [2.05, 4.69) is 30.9 Å². The molecule has 3 rings (SSSR count). The van der Waals surface area contributed by atoms with Gasteiger partial charge in [-0.2, -0.15) is 5.21 Å². The van der Waals surface area contributed by atoms with E-state index in [-0.39, 0.29) is 6.04 Å². The molecule has 0 aliphatic rings. The van der Waals surface area contributed by atoms with Gasteiger partial charge in [0.1, 0.15) is 0 Å². The largest absolute Gasteiger partial charge is 0.399 e. The number of nitrogens with two attached hydrogens (primary N) is 1. The number of tetrazole rings is 1. The molecule has 0 aliphatic heterocycles. The average molecular weight is 269 g/mol. The minimum absolute atomic E-state index is 0.0693. The summed E-state index contributed by atoms with van der Waals surface area (Å²) >= 11 is 0. The fourth-order valence-corrected chi connectivity index (χ4v) is 2.15. The lowest BCUT2D eigenvalue weighted by Gasteiger charge is -2.14. The monoisotopic (exact) mass is 269 g/mol. The number of nitrogens with one attached hydrogen (secondary N) is 2. The van der Waals surface area contributed by atoms with Crippen LogP contribution >= 0.6 is 0 Å². The second-order valence-electron chi connectivity index (χ2n) is 4.72. The summed E-state index contributed by atoms with van der Waals surface area (Å²) in [6.45, 7) is 3.93. The van der Waals surface area contributed by atoms with Gasteiger partial charge in [-0.15, -0.1) is 10.2 Å². The van der Waals surface area contributed by atoms with Crippen molar-refractivity contribution in [3.05, 3.63) is 35.8 Å². The first-order chi connectivity index (χ1) is 9.63. The minimum Gasteiger partial charge on any atom is -0.399 e. The van der Waals surface area contributed by atoms with Crippen LogP contribution in [0.4, 0.5) is 11.4 Å². The Labute approximate surface area is 115 Å². The molecule has 102 valence electrons. The van der Waals surface area contributed by atoms with E-state index in [1.165, 1.54) is 0 Å². The summed E-state index contributed by atoms with van der Waals surface area (Å²) in [5, 5.41) is 18.3. The third-order valence-corrected chi connectivity index (χ3v) is 3.08. The van der Waals surface area contributed by atoms with Gasteiger partial charge in [-0.25, -0.2) is 0 Å². The molecule has 1 aromatic carbocycles. The van der Waals surface area contributed by atoms with Crippen LogP contribution in [0.3, 0.4) is 0 Å². The van der Waals surface area contributed by atoms with Crippen LogP contribution in [-0.4, -0.2) is 25.6 Å². The summed E-state index contributed by atoms with van der Waals surface area (Å²) in [6, 6.07) is 7.59. The summed E-state index contributed by atoms with van der Waals surface area (Å²) in [6.07, 6.45) is 0. The normalized spacial score (nSPS) is 12.5. The quantitative estimate of drug-likeness (QED) is 0.626. The van der Waals surface area contributed by atoms with Gasteiger partial charge in [0.25, 0.3) is 0 Å². The Morgan fingerprint density at radius 1 is 1.30 bits per heavy atom. The number of aromatic nitrogens is 5. The van der Waals surface area contributed by atoms with Crippen LogP contribution in [0.1, 0.15) is 24.5 Å². The van der Waals surface area contributed by atoms with Crippen molar-refractivity contribution in [2.24, 2.45) is 0 Å². The van der Waals surface area contributed by atoms with Crippen LogP contribution in [0.15, 0.2) is 24.3 Å². The number of H-pyrrole nitrogens is 1. The predicted octanol–water partition coefficient (Wildman–Crippen LogP) is 1.81. The summed E-state index contributed by atoms with van der Waals surface area (Å²) in [4.78, 5) is 4.50. The Balaban J connectivity index is 2.04. The molecular weight excluding hydrogens is 254 g/mol. The highest BCUT2D eigenvalue weighted by molar-refractivity contribution is 5.93. The molecular formula is C13H15N7. The molecule has 20 heavy (non-hydrogen) atoms. The number of pyridine rings is 1. The lowest BCUT2D eigenvalue weighted by atomic mass is 10.1. The van der Waals surface area contributed by atoms with Crippen LogP contribution in [0, 0.1) is 6.92 Å². The number of hydrogen-bond acceptors (Lipinski definition) is 6. The maximum absolute atomic E-state index is 5.86. The first-order valence-electron chi connectivity index (χ1n) is 6.30. The van der Waals surface area contributed by atoms with Gasteiger partial charge in [-0.1, -0.05) is 5.21 Å². The van der Waals surface area contributed by atoms with E-state index in [9.17, 15) is 0 Å². The molecule has 0 bridgehead atoms. The molecule has 7 nitrogen and oxygen atoms in total. The topological polar surface area (TPSA) is 105 Å². The highest BCUT2D eigenvalue weighted by Crippen LogP contribution is 2.27. The molecule has 0 saturated carbocycles. The summed E-state index contributed by atoms with van der Waals surface area (Å²) < 4.78 is 0.